The molecular weight excluding hydrogens is 385 g/mol. The highest BCUT2D eigenvalue weighted by Gasteiger charge is 2.30. The van der Waals surface area contributed by atoms with Crippen LogP contribution in [0.1, 0.15) is 28.2 Å². The lowest BCUT2D eigenvalue weighted by Gasteiger charge is -2.12. The zero-order chi connectivity index (χ0) is 20.2. The van der Waals surface area contributed by atoms with Crippen molar-refractivity contribution >= 4 is 17.5 Å². The second kappa shape index (κ2) is 8.79. The van der Waals surface area contributed by atoms with Gasteiger partial charge in [-0.05, 0) is 26.3 Å². The SMILES string of the molecule is COCCCn1c(SCC(=O)c2cc(C)n(CC(F)(F)F)c2C)n[nH]c1=O. The molecule has 0 aliphatic rings. The van der Waals surface area contributed by atoms with Crippen molar-refractivity contribution in [1.29, 1.82) is 0 Å². The van der Waals surface area contributed by atoms with Crippen LogP contribution in [0.3, 0.4) is 0 Å². The summed E-state index contributed by atoms with van der Waals surface area (Å²) in [5.41, 5.74) is 0.502. The molecule has 0 amide bonds. The fraction of sp³-hybridized carbons (Fsp3) is 0.562. The summed E-state index contributed by atoms with van der Waals surface area (Å²) < 4.78 is 45.5. The van der Waals surface area contributed by atoms with E-state index in [-0.39, 0.29) is 28.5 Å². The average molecular weight is 406 g/mol. The van der Waals surface area contributed by atoms with Crippen LogP contribution < -0.4 is 5.69 Å². The summed E-state index contributed by atoms with van der Waals surface area (Å²) in [4.78, 5) is 24.3. The lowest BCUT2D eigenvalue weighted by Crippen LogP contribution is -2.20. The number of carbonyl (C=O) groups excluding carboxylic acids is 1. The van der Waals surface area contributed by atoms with Gasteiger partial charge in [0.05, 0.1) is 5.75 Å². The van der Waals surface area contributed by atoms with Gasteiger partial charge in [0.1, 0.15) is 6.54 Å². The van der Waals surface area contributed by atoms with Gasteiger partial charge in [0, 0.05) is 37.2 Å². The second-order valence-corrected chi connectivity index (χ2v) is 6.95. The molecule has 150 valence electrons. The first-order chi connectivity index (χ1) is 12.6. The molecule has 11 heteroatoms. The number of aromatic nitrogens is 4. The van der Waals surface area contributed by atoms with Gasteiger partial charge in [-0.1, -0.05) is 11.8 Å². The van der Waals surface area contributed by atoms with Crippen LogP contribution in [0.15, 0.2) is 16.0 Å². The molecule has 0 aromatic carbocycles. The van der Waals surface area contributed by atoms with Crippen molar-refractivity contribution in [3.05, 3.63) is 33.5 Å². The Morgan fingerprint density at radius 1 is 1.33 bits per heavy atom. The molecule has 0 spiro atoms. The fourth-order valence-corrected chi connectivity index (χ4v) is 3.55. The predicted octanol–water partition coefficient (Wildman–Crippen LogP) is 2.56. The number of aryl methyl sites for hydroxylation is 1. The number of methoxy groups -OCH3 is 1. The van der Waals surface area contributed by atoms with Gasteiger partial charge in [0.2, 0.25) is 0 Å². The second-order valence-electron chi connectivity index (χ2n) is 6.01. The van der Waals surface area contributed by atoms with Crippen LogP contribution in [0.5, 0.6) is 0 Å². The molecule has 2 rings (SSSR count). The molecule has 0 saturated heterocycles. The van der Waals surface area contributed by atoms with E-state index in [1.165, 1.54) is 24.5 Å². The molecule has 2 heterocycles. The Bertz CT molecular complexity index is 854. The predicted molar refractivity (Wildman–Crippen MR) is 94.4 cm³/mol. The summed E-state index contributed by atoms with van der Waals surface area (Å²) in [7, 11) is 1.56. The van der Waals surface area contributed by atoms with Crippen molar-refractivity contribution in [3.8, 4) is 0 Å². The first kappa shape index (κ1) is 21.3. The van der Waals surface area contributed by atoms with Gasteiger partial charge in [-0.3, -0.25) is 9.36 Å². The van der Waals surface area contributed by atoms with E-state index < -0.39 is 12.7 Å². The molecule has 2 aromatic rings. The number of ketones is 1. The smallest absolute Gasteiger partial charge is 0.385 e. The number of hydrogen-bond donors (Lipinski definition) is 1. The number of carbonyl (C=O) groups is 1. The number of rotatable bonds is 9. The van der Waals surface area contributed by atoms with Crippen LogP contribution in [0, 0.1) is 13.8 Å². The highest BCUT2D eigenvalue weighted by atomic mass is 32.2. The van der Waals surface area contributed by atoms with E-state index in [0.717, 1.165) is 16.3 Å². The van der Waals surface area contributed by atoms with Crippen molar-refractivity contribution in [3.63, 3.8) is 0 Å². The van der Waals surface area contributed by atoms with Gasteiger partial charge in [0.15, 0.2) is 10.9 Å². The molecular formula is C16H21F3N4O3S. The maximum absolute atomic E-state index is 12.7. The van der Waals surface area contributed by atoms with Gasteiger partial charge in [0.25, 0.3) is 0 Å². The fourth-order valence-electron chi connectivity index (χ4n) is 2.69. The third kappa shape index (κ3) is 5.48. The molecule has 0 aliphatic heterocycles. The number of thioether (sulfide) groups is 1. The van der Waals surface area contributed by atoms with E-state index in [1.807, 2.05) is 0 Å². The minimum atomic E-state index is -4.36. The lowest BCUT2D eigenvalue weighted by molar-refractivity contribution is -0.141. The van der Waals surface area contributed by atoms with E-state index >= 15 is 0 Å². The van der Waals surface area contributed by atoms with Gasteiger partial charge < -0.3 is 9.30 Å². The number of nitrogens with zero attached hydrogens (tertiary/aromatic N) is 3. The molecule has 0 aliphatic carbocycles. The molecule has 0 bridgehead atoms. The van der Waals surface area contributed by atoms with Crippen molar-refractivity contribution in [2.24, 2.45) is 0 Å². The monoisotopic (exact) mass is 406 g/mol. The van der Waals surface area contributed by atoms with Crippen molar-refractivity contribution in [2.75, 3.05) is 19.5 Å². The van der Waals surface area contributed by atoms with Gasteiger partial charge >= 0.3 is 11.9 Å². The third-order valence-electron chi connectivity index (χ3n) is 4.00. The zero-order valence-corrected chi connectivity index (χ0v) is 16.0. The van der Waals surface area contributed by atoms with Gasteiger partial charge in [-0.15, -0.1) is 5.10 Å². The number of halogens is 3. The Morgan fingerprint density at radius 2 is 2.04 bits per heavy atom. The molecule has 27 heavy (non-hydrogen) atoms. The quantitative estimate of drug-likeness (QED) is 0.393. The van der Waals surface area contributed by atoms with Crippen molar-refractivity contribution in [2.45, 2.75) is 44.7 Å². The molecule has 0 radical (unpaired) electrons. The summed E-state index contributed by atoms with van der Waals surface area (Å²) in [6.07, 6.45) is -3.76. The molecule has 2 aromatic heterocycles. The number of nitrogens with one attached hydrogen (secondary N) is 1. The van der Waals surface area contributed by atoms with Crippen molar-refractivity contribution in [1.82, 2.24) is 19.3 Å². The Labute approximate surface area is 157 Å². The number of hydrogen-bond acceptors (Lipinski definition) is 5. The maximum Gasteiger partial charge on any atom is 0.406 e. The molecule has 0 fully saturated rings. The Morgan fingerprint density at radius 3 is 2.67 bits per heavy atom. The first-order valence-corrected chi connectivity index (χ1v) is 9.16. The van der Waals surface area contributed by atoms with E-state index in [0.29, 0.717) is 30.4 Å². The van der Waals surface area contributed by atoms with Crippen LogP contribution >= 0.6 is 11.8 Å². The summed E-state index contributed by atoms with van der Waals surface area (Å²) in [6, 6.07) is 1.46. The van der Waals surface area contributed by atoms with E-state index in [2.05, 4.69) is 10.2 Å². The number of Topliss-reactive ketones (excluding diaryl/α,β-unsaturated/α-hetero) is 1. The molecule has 0 saturated carbocycles. The van der Waals surface area contributed by atoms with Crippen LogP contribution in [-0.4, -0.2) is 50.8 Å². The third-order valence-corrected chi connectivity index (χ3v) is 4.97. The first-order valence-electron chi connectivity index (χ1n) is 8.17. The number of alkyl halides is 3. The van der Waals surface area contributed by atoms with Crippen LogP contribution in [-0.2, 0) is 17.8 Å². The topological polar surface area (TPSA) is 81.9 Å². The van der Waals surface area contributed by atoms with Crippen molar-refractivity contribution < 1.29 is 22.7 Å². The van der Waals surface area contributed by atoms with E-state index in [9.17, 15) is 22.8 Å². The highest BCUT2D eigenvalue weighted by Crippen LogP contribution is 2.24. The minimum Gasteiger partial charge on any atom is -0.385 e. The molecule has 0 atom stereocenters. The summed E-state index contributed by atoms with van der Waals surface area (Å²) in [6.45, 7) is 2.75. The van der Waals surface area contributed by atoms with Crippen LogP contribution in [0.25, 0.3) is 0 Å². The number of ether oxygens (including phenoxy) is 1. The average Bonchev–Trinajstić information content (AvgIpc) is 3.06. The van der Waals surface area contributed by atoms with E-state index in [4.69, 9.17) is 4.74 Å². The number of aromatic amines is 1. The normalized spacial score (nSPS) is 11.9. The Kier molecular flexibility index (Phi) is 6.93. The van der Waals surface area contributed by atoms with Gasteiger partial charge in [-0.25, -0.2) is 9.89 Å². The van der Waals surface area contributed by atoms with Crippen LogP contribution in [0.4, 0.5) is 13.2 Å². The molecule has 7 nitrogen and oxygen atoms in total. The van der Waals surface area contributed by atoms with Crippen LogP contribution in [0.2, 0.25) is 0 Å². The Hall–Kier alpha value is -2.01. The molecule has 0 unspecified atom stereocenters. The molecule has 1 N–H and O–H groups in total. The Balaban J connectivity index is 2.09. The maximum atomic E-state index is 12.7. The standard InChI is InChI=1S/C16H21F3N4O3S/c1-10-7-12(11(2)23(10)9-16(17,18)19)13(24)8-27-15-21-20-14(25)22(15)5-4-6-26-3/h7H,4-6,8-9H2,1-3H3,(H,20,25). The summed E-state index contributed by atoms with van der Waals surface area (Å²) in [5.74, 6) is -0.356. The van der Waals surface area contributed by atoms with E-state index in [1.54, 1.807) is 7.11 Å². The minimum absolute atomic E-state index is 0.0368. The van der Waals surface area contributed by atoms with Gasteiger partial charge in [-0.2, -0.15) is 13.2 Å². The highest BCUT2D eigenvalue weighted by molar-refractivity contribution is 7.99. The zero-order valence-electron chi connectivity index (χ0n) is 15.2. The summed E-state index contributed by atoms with van der Waals surface area (Å²) >= 11 is 1.06. The summed E-state index contributed by atoms with van der Waals surface area (Å²) in [5, 5.41) is 6.58. The number of H-pyrrole nitrogens is 1. The lowest BCUT2D eigenvalue weighted by atomic mass is 10.2. The largest absolute Gasteiger partial charge is 0.406 e.